The zero-order valence-corrected chi connectivity index (χ0v) is 13.7. The molecule has 1 aliphatic carbocycles. The molecule has 0 aromatic carbocycles. The first-order valence-electron chi connectivity index (χ1n) is 8.61. The Hall–Kier alpha value is -2.05. The van der Waals surface area contributed by atoms with E-state index in [0.717, 1.165) is 56.2 Å². The van der Waals surface area contributed by atoms with Gasteiger partial charge in [-0.05, 0) is 33.1 Å². The Kier molecular flexibility index (Phi) is 3.50. The fourth-order valence-electron chi connectivity index (χ4n) is 3.59. The molecule has 1 saturated carbocycles. The van der Waals surface area contributed by atoms with Crippen LogP contribution in [0.25, 0.3) is 0 Å². The highest BCUT2D eigenvalue weighted by atomic mass is 16.2. The van der Waals surface area contributed by atoms with E-state index >= 15 is 0 Å². The molecule has 1 aromatic heterocycles. The number of anilines is 3. The molecule has 7 heteroatoms. The number of hydrogen-bond donors (Lipinski definition) is 2. The molecular weight excluding hydrogens is 292 g/mol. The van der Waals surface area contributed by atoms with Crippen molar-refractivity contribution >= 4 is 23.2 Å². The van der Waals surface area contributed by atoms with Crippen LogP contribution in [0.5, 0.6) is 0 Å². The van der Waals surface area contributed by atoms with Crippen LogP contribution in [0.1, 0.15) is 33.1 Å². The Morgan fingerprint density at radius 1 is 1.39 bits per heavy atom. The second-order valence-corrected chi connectivity index (χ2v) is 6.72. The zero-order valence-electron chi connectivity index (χ0n) is 13.7. The molecule has 1 amide bonds. The van der Waals surface area contributed by atoms with E-state index in [1.54, 1.807) is 6.33 Å². The number of amides is 1. The molecule has 2 atom stereocenters. The van der Waals surface area contributed by atoms with Gasteiger partial charge in [0.1, 0.15) is 12.0 Å². The molecule has 4 rings (SSSR count). The van der Waals surface area contributed by atoms with Gasteiger partial charge in [0, 0.05) is 31.6 Å². The third-order valence-electron chi connectivity index (χ3n) is 5.03. The number of hydrogen-bond acceptors (Lipinski definition) is 6. The molecule has 1 saturated heterocycles. The molecule has 7 nitrogen and oxygen atoms in total. The number of nitrogens with zero attached hydrogens (tertiary/aromatic N) is 4. The third kappa shape index (κ3) is 2.58. The van der Waals surface area contributed by atoms with Crippen molar-refractivity contribution in [2.24, 2.45) is 5.92 Å². The summed E-state index contributed by atoms with van der Waals surface area (Å²) in [6.07, 6.45) is 4.96. The van der Waals surface area contributed by atoms with Gasteiger partial charge in [-0.15, -0.1) is 0 Å². The summed E-state index contributed by atoms with van der Waals surface area (Å²) in [4.78, 5) is 25.2. The predicted molar refractivity (Wildman–Crippen MR) is 89.5 cm³/mol. The number of aromatic nitrogens is 2. The second-order valence-electron chi connectivity index (χ2n) is 6.72. The summed E-state index contributed by atoms with van der Waals surface area (Å²) in [5.74, 6) is 2.45. The van der Waals surface area contributed by atoms with Gasteiger partial charge in [0.25, 0.3) is 0 Å². The molecular formula is C16H24N6O. The maximum absolute atomic E-state index is 12.2. The van der Waals surface area contributed by atoms with Crippen molar-refractivity contribution in [1.82, 2.24) is 14.9 Å². The molecule has 0 bridgehead atoms. The largest absolute Gasteiger partial charge is 0.364 e. The summed E-state index contributed by atoms with van der Waals surface area (Å²) >= 11 is 0. The number of rotatable bonds is 4. The second kappa shape index (κ2) is 5.54. The number of carbonyl (C=O) groups excluding carboxylic acids is 1. The van der Waals surface area contributed by atoms with Crippen LogP contribution in [-0.4, -0.2) is 52.6 Å². The maximum atomic E-state index is 12.2. The average molecular weight is 316 g/mol. The van der Waals surface area contributed by atoms with Gasteiger partial charge in [-0.3, -0.25) is 4.79 Å². The minimum atomic E-state index is 0.226. The molecule has 2 aliphatic heterocycles. The van der Waals surface area contributed by atoms with E-state index in [0.29, 0.717) is 11.8 Å². The molecule has 1 aromatic rings. The number of nitrogens with one attached hydrogen (secondary N) is 2. The number of carbonyl (C=O) groups is 1. The van der Waals surface area contributed by atoms with Crippen LogP contribution in [0.3, 0.4) is 0 Å². The highest BCUT2D eigenvalue weighted by Gasteiger charge is 2.37. The van der Waals surface area contributed by atoms with Crippen LogP contribution in [0.15, 0.2) is 6.33 Å². The highest BCUT2D eigenvalue weighted by Crippen LogP contribution is 2.37. The van der Waals surface area contributed by atoms with Gasteiger partial charge in [0.2, 0.25) is 5.91 Å². The first-order chi connectivity index (χ1) is 11.2. The van der Waals surface area contributed by atoms with Crippen LogP contribution in [0.2, 0.25) is 0 Å². The SMILES string of the molecule is CCN1c2ncnc(NC3CCN(C(=O)C4CC4)C3)c2NC1C. The minimum absolute atomic E-state index is 0.226. The van der Waals surface area contributed by atoms with Gasteiger partial charge in [0.05, 0.1) is 6.17 Å². The third-order valence-corrected chi connectivity index (χ3v) is 5.03. The molecule has 0 spiro atoms. The molecule has 23 heavy (non-hydrogen) atoms. The first kappa shape index (κ1) is 14.5. The van der Waals surface area contributed by atoms with Crippen molar-refractivity contribution in [3.05, 3.63) is 6.33 Å². The van der Waals surface area contributed by atoms with E-state index in [1.807, 2.05) is 4.90 Å². The fourth-order valence-corrected chi connectivity index (χ4v) is 3.59. The monoisotopic (exact) mass is 316 g/mol. The van der Waals surface area contributed by atoms with Gasteiger partial charge in [-0.1, -0.05) is 0 Å². The van der Waals surface area contributed by atoms with Gasteiger partial charge in [0.15, 0.2) is 11.6 Å². The van der Waals surface area contributed by atoms with E-state index in [-0.39, 0.29) is 12.2 Å². The van der Waals surface area contributed by atoms with Gasteiger partial charge in [-0.2, -0.15) is 0 Å². The predicted octanol–water partition coefficient (Wildman–Crippen LogP) is 1.50. The lowest BCUT2D eigenvalue weighted by Gasteiger charge is -2.20. The van der Waals surface area contributed by atoms with Crippen molar-refractivity contribution in [3.63, 3.8) is 0 Å². The Balaban J connectivity index is 1.46. The molecule has 0 radical (unpaired) electrons. The lowest BCUT2D eigenvalue weighted by molar-refractivity contribution is -0.131. The maximum Gasteiger partial charge on any atom is 0.225 e. The quantitative estimate of drug-likeness (QED) is 0.877. The van der Waals surface area contributed by atoms with Crippen molar-refractivity contribution in [2.75, 3.05) is 35.2 Å². The first-order valence-corrected chi connectivity index (χ1v) is 8.61. The van der Waals surface area contributed by atoms with Gasteiger partial charge in [-0.25, -0.2) is 9.97 Å². The smallest absolute Gasteiger partial charge is 0.225 e. The zero-order chi connectivity index (χ0) is 16.0. The Labute approximate surface area is 136 Å². The summed E-state index contributed by atoms with van der Waals surface area (Å²) in [7, 11) is 0. The lowest BCUT2D eigenvalue weighted by atomic mass is 10.2. The number of fused-ring (bicyclic) bond motifs is 1. The Morgan fingerprint density at radius 2 is 2.22 bits per heavy atom. The summed E-state index contributed by atoms with van der Waals surface area (Å²) in [5.41, 5.74) is 0.980. The van der Waals surface area contributed by atoms with Crippen molar-refractivity contribution in [2.45, 2.75) is 45.3 Å². The van der Waals surface area contributed by atoms with Gasteiger partial charge >= 0.3 is 0 Å². The van der Waals surface area contributed by atoms with E-state index in [9.17, 15) is 4.79 Å². The Morgan fingerprint density at radius 3 is 2.96 bits per heavy atom. The highest BCUT2D eigenvalue weighted by molar-refractivity contribution is 5.83. The van der Waals surface area contributed by atoms with Crippen LogP contribution in [-0.2, 0) is 4.79 Å². The minimum Gasteiger partial charge on any atom is -0.364 e. The molecule has 124 valence electrons. The topological polar surface area (TPSA) is 73.4 Å². The van der Waals surface area contributed by atoms with E-state index in [1.165, 1.54) is 0 Å². The fraction of sp³-hybridized carbons (Fsp3) is 0.688. The molecule has 2 fully saturated rings. The van der Waals surface area contributed by atoms with Crippen LogP contribution in [0, 0.1) is 5.92 Å². The van der Waals surface area contributed by atoms with Crippen molar-refractivity contribution < 1.29 is 4.79 Å². The standard InChI is InChI=1S/C16H24N6O/c1-3-22-10(2)19-13-14(17-9-18-15(13)22)20-12-6-7-21(8-12)16(23)11-4-5-11/h9-12,19H,3-8H2,1-2H3,(H,17,18,20). The van der Waals surface area contributed by atoms with Crippen molar-refractivity contribution in [1.29, 1.82) is 0 Å². The number of likely N-dealkylation sites (tertiary alicyclic amines) is 1. The lowest BCUT2D eigenvalue weighted by Crippen LogP contribution is -2.33. The summed E-state index contributed by atoms with van der Waals surface area (Å²) in [6, 6.07) is 0.268. The molecule has 2 unspecified atom stereocenters. The van der Waals surface area contributed by atoms with Crippen LogP contribution < -0.4 is 15.5 Å². The van der Waals surface area contributed by atoms with E-state index in [2.05, 4.69) is 39.3 Å². The average Bonchev–Trinajstić information content (AvgIpc) is 3.20. The van der Waals surface area contributed by atoms with Crippen LogP contribution in [0.4, 0.5) is 17.3 Å². The van der Waals surface area contributed by atoms with Crippen molar-refractivity contribution in [3.8, 4) is 0 Å². The van der Waals surface area contributed by atoms with E-state index in [4.69, 9.17) is 0 Å². The Bertz CT molecular complexity index is 617. The summed E-state index contributed by atoms with van der Waals surface area (Å²) in [6.45, 7) is 6.79. The molecule has 2 N–H and O–H groups in total. The van der Waals surface area contributed by atoms with Gasteiger partial charge < -0.3 is 20.4 Å². The normalized spacial score (nSPS) is 26.2. The summed E-state index contributed by atoms with van der Waals surface area (Å²) in [5, 5.41) is 6.98. The van der Waals surface area contributed by atoms with E-state index < -0.39 is 0 Å². The van der Waals surface area contributed by atoms with Crippen LogP contribution >= 0.6 is 0 Å². The summed E-state index contributed by atoms with van der Waals surface area (Å²) < 4.78 is 0. The molecule has 3 aliphatic rings. The molecule has 3 heterocycles.